The van der Waals surface area contributed by atoms with Gasteiger partial charge in [-0.1, -0.05) is 42.3 Å². The van der Waals surface area contributed by atoms with Crippen molar-refractivity contribution in [3.63, 3.8) is 0 Å². The minimum atomic E-state index is -0.479. The highest BCUT2D eigenvalue weighted by Gasteiger charge is 2.06. The van der Waals surface area contributed by atoms with Crippen LogP contribution in [0.5, 0.6) is 5.75 Å². The maximum atomic E-state index is 9.77. The van der Waals surface area contributed by atoms with Gasteiger partial charge in [-0.15, -0.1) is 0 Å². The van der Waals surface area contributed by atoms with Crippen LogP contribution in [0.2, 0.25) is 0 Å². The van der Waals surface area contributed by atoms with Crippen molar-refractivity contribution in [1.29, 1.82) is 0 Å². The van der Waals surface area contributed by atoms with Gasteiger partial charge in [0.1, 0.15) is 18.5 Å². The molecule has 0 amide bonds. The number of halogens is 1. The molecular formula is C14H22BrNO2. The lowest BCUT2D eigenvalue weighted by molar-refractivity contribution is 0.105. The monoisotopic (exact) mass is 315 g/mol. The molecule has 0 radical (unpaired) electrons. The summed E-state index contributed by atoms with van der Waals surface area (Å²) in [7, 11) is 0. The number of aliphatic hydroxyl groups excluding tert-OH is 1. The molecule has 0 aliphatic heterocycles. The summed E-state index contributed by atoms with van der Waals surface area (Å²) < 4.78 is 6.49. The second kappa shape index (κ2) is 8.51. The summed E-state index contributed by atoms with van der Waals surface area (Å²) in [5.41, 5.74) is 0. The maximum Gasteiger partial charge on any atom is 0.120 e. The molecule has 1 rings (SSSR count). The molecule has 2 atom stereocenters. The highest BCUT2D eigenvalue weighted by molar-refractivity contribution is 9.10. The molecule has 102 valence electrons. The van der Waals surface area contributed by atoms with Crippen LogP contribution in [0.25, 0.3) is 0 Å². The van der Waals surface area contributed by atoms with Crippen molar-refractivity contribution in [1.82, 2.24) is 5.32 Å². The standard InChI is InChI=1S/C14H22BrNO2/c1-3-11(2)8-16-9-13(17)10-18-14-6-4-5-12(15)7-14/h4-7,11,13,16-17H,3,8-10H2,1-2H3. The number of hydrogen-bond donors (Lipinski definition) is 2. The first-order valence-corrected chi connectivity index (χ1v) is 7.18. The summed E-state index contributed by atoms with van der Waals surface area (Å²) >= 11 is 3.38. The van der Waals surface area contributed by atoms with E-state index in [-0.39, 0.29) is 0 Å². The average Bonchev–Trinajstić information content (AvgIpc) is 2.36. The smallest absolute Gasteiger partial charge is 0.120 e. The number of rotatable bonds is 8. The van der Waals surface area contributed by atoms with Gasteiger partial charge in [-0.25, -0.2) is 0 Å². The Morgan fingerprint density at radius 2 is 2.17 bits per heavy atom. The quantitative estimate of drug-likeness (QED) is 0.775. The molecule has 0 fully saturated rings. The third-order valence-electron chi connectivity index (χ3n) is 2.81. The predicted octanol–water partition coefficient (Wildman–Crippen LogP) is 2.82. The minimum Gasteiger partial charge on any atom is -0.491 e. The molecule has 0 saturated carbocycles. The molecule has 2 unspecified atom stereocenters. The average molecular weight is 316 g/mol. The molecule has 2 N–H and O–H groups in total. The molecule has 0 aromatic heterocycles. The first kappa shape index (κ1) is 15.5. The second-order valence-corrected chi connectivity index (χ2v) is 5.51. The van der Waals surface area contributed by atoms with Crippen LogP contribution in [0, 0.1) is 5.92 Å². The molecule has 0 spiro atoms. The van der Waals surface area contributed by atoms with E-state index < -0.39 is 6.10 Å². The minimum absolute atomic E-state index is 0.309. The van der Waals surface area contributed by atoms with Gasteiger partial charge in [0.05, 0.1) is 0 Å². The zero-order valence-corrected chi connectivity index (χ0v) is 12.6. The Labute approximate surface area is 118 Å². The van der Waals surface area contributed by atoms with E-state index in [0.29, 0.717) is 19.1 Å². The van der Waals surface area contributed by atoms with Crippen LogP contribution in [0.3, 0.4) is 0 Å². The number of hydrogen-bond acceptors (Lipinski definition) is 3. The molecule has 0 aliphatic carbocycles. The van der Waals surface area contributed by atoms with Crippen LogP contribution >= 0.6 is 15.9 Å². The summed E-state index contributed by atoms with van der Waals surface area (Å²) in [6, 6.07) is 7.62. The first-order valence-electron chi connectivity index (χ1n) is 6.39. The first-order chi connectivity index (χ1) is 8.61. The second-order valence-electron chi connectivity index (χ2n) is 4.59. The summed E-state index contributed by atoms with van der Waals surface area (Å²) in [5.74, 6) is 1.41. The largest absolute Gasteiger partial charge is 0.491 e. The lowest BCUT2D eigenvalue weighted by Crippen LogP contribution is -2.33. The summed E-state index contributed by atoms with van der Waals surface area (Å²) in [6.07, 6.45) is 0.672. The van der Waals surface area contributed by atoms with Crippen molar-refractivity contribution < 1.29 is 9.84 Å². The van der Waals surface area contributed by atoms with Gasteiger partial charge >= 0.3 is 0 Å². The Morgan fingerprint density at radius 1 is 1.39 bits per heavy atom. The Balaban J connectivity index is 2.19. The van der Waals surface area contributed by atoms with Crippen molar-refractivity contribution in [2.45, 2.75) is 26.4 Å². The van der Waals surface area contributed by atoms with Gasteiger partial charge in [0.25, 0.3) is 0 Å². The van der Waals surface area contributed by atoms with Gasteiger partial charge in [-0.05, 0) is 30.7 Å². The molecule has 0 saturated heterocycles. The van der Waals surface area contributed by atoms with E-state index in [9.17, 15) is 5.11 Å². The van der Waals surface area contributed by atoms with E-state index in [0.717, 1.165) is 23.2 Å². The number of benzene rings is 1. The van der Waals surface area contributed by atoms with Gasteiger partial charge in [0, 0.05) is 11.0 Å². The Bertz CT molecular complexity index is 346. The molecule has 18 heavy (non-hydrogen) atoms. The molecule has 3 nitrogen and oxygen atoms in total. The van der Waals surface area contributed by atoms with Gasteiger partial charge in [-0.2, -0.15) is 0 Å². The molecule has 0 aliphatic rings. The molecule has 0 bridgehead atoms. The molecular weight excluding hydrogens is 294 g/mol. The van der Waals surface area contributed by atoms with Gasteiger partial charge < -0.3 is 15.2 Å². The van der Waals surface area contributed by atoms with E-state index in [2.05, 4.69) is 35.1 Å². The van der Waals surface area contributed by atoms with Crippen molar-refractivity contribution in [2.75, 3.05) is 19.7 Å². The summed E-state index contributed by atoms with van der Waals surface area (Å²) in [5, 5.41) is 13.0. The van der Waals surface area contributed by atoms with Crippen LogP contribution in [0.4, 0.5) is 0 Å². The lowest BCUT2D eigenvalue weighted by Gasteiger charge is -2.15. The number of ether oxygens (including phenoxy) is 1. The fourth-order valence-corrected chi connectivity index (χ4v) is 1.83. The topological polar surface area (TPSA) is 41.5 Å². The highest BCUT2D eigenvalue weighted by Crippen LogP contribution is 2.17. The van der Waals surface area contributed by atoms with Crippen LogP contribution in [0.1, 0.15) is 20.3 Å². The molecule has 1 aromatic rings. The zero-order chi connectivity index (χ0) is 13.4. The van der Waals surface area contributed by atoms with E-state index in [1.54, 1.807) is 0 Å². The van der Waals surface area contributed by atoms with Crippen LogP contribution in [0.15, 0.2) is 28.7 Å². The summed E-state index contributed by atoms with van der Waals surface area (Å²) in [4.78, 5) is 0. The fraction of sp³-hybridized carbons (Fsp3) is 0.571. The van der Waals surface area contributed by atoms with Crippen molar-refractivity contribution in [2.24, 2.45) is 5.92 Å². The SMILES string of the molecule is CCC(C)CNCC(O)COc1cccc(Br)c1. The van der Waals surface area contributed by atoms with Crippen LogP contribution in [-0.4, -0.2) is 30.9 Å². The third-order valence-corrected chi connectivity index (χ3v) is 3.30. The van der Waals surface area contributed by atoms with Crippen LogP contribution < -0.4 is 10.1 Å². The fourth-order valence-electron chi connectivity index (χ4n) is 1.45. The van der Waals surface area contributed by atoms with Crippen molar-refractivity contribution >= 4 is 15.9 Å². The highest BCUT2D eigenvalue weighted by atomic mass is 79.9. The van der Waals surface area contributed by atoms with E-state index >= 15 is 0 Å². The van der Waals surface area contributed by atoms with E-state index in [1.807, 2.05) is 24.3 Å². The van der Waals surface area contributed by atoms with Gasteiger partial charge in [-0.3, -0.25) is 0 Å². The molecule has 0 heterocycles. The molecule has 4 heteroatoms. The van der Waals surface area contributed by atoms with Crippen LogP contribution in [-0.2, 0) is 0 Å². The normalized spacial score (nSPS) is 14.2. The third kappa shape index (κ3) is 6.38. The van der Waals surface area contributed by atoms with Gasteiger partial charge in [0.15, 0.2) is 0 Å². The lowest BCUT2D eigenvalue weighted by atomic mass is 10.1. The van der Waals surface area contributed by atoms with Crippen molar-refractivity contribution in [3.8, 4) is 5.75 Å². The molecule has 1 aromatic carbocycles. The Kier molecular flexibility index (Phi) is 7.32. The number of nitrogens with one attached hydrogen (secondary N) is 1. The maximum absolute atomic E-state index is 9.77. The number of aliphatic hydroxyl groups is 1. The van der Waals surface area contributed by atoms with E-state index in [4.69, 9.17) is 4.74 Å². The Morgan fingerprint density at radius 3 is 2.83 bits per heavy atom. The van der Waals surface area contributed by atoms with Gasteiger partial charge in [0.2, 0.25) is 0 Å². The predicted molar refractivity (Wildman–Crippen MR) is 78.0 cm³/mol. The van der Waals surface area contributed by atoms with E-state index in [1.165, 1.54) is 0 Å². The van der Waals surface area contributed by atoms with Crippen molar-refractivity contribution in [3.05, 3.63) is 28.7 Å². The summed E-state index contributed by atoms with van der Waals surface area (Å²) in [6.45, 7) is 6.17. The zero-order valence-electron chi connectivity index (χ0n) is 11.0. The Hall–Kier alpha value is -0.580.